The largest absolute Gasteiger partial charge is 0.490 e. The van der Waals surface area contributed by atoms with Crippen molar-refractivity contribution in [3.63, 3.8) is 0 Å². The first kappa shape index (κ1) is 25.5. The van der Waals surface area contributed by atoms with Gasteiger partial charge in [0.25, 0.3) is 11.8 Å². The van der Waals surface area contributed by atoms with E-state index >= 15 is 0 Å². The monoisotopic (exact) mass is 520 g/mol. The van der Waals surface area contributed by atoms with Crippen molar-refractivity contribution >= 4 is 39.2 Å². The molecule has 0 aliphatic heterocycles. The van der Waals surface area contributed by atoms with Crippen LogP contribution >= 0.6 is 11.3 Å². The number of benzene rings is 2. The van der Waals surface area contributed by atoms with E-state index in [1.54, 1.807) is 18.2 Å². The van der Waals surface area contributed by atoms with Crippen molar-refractivity contribution in [3.8, 4) is 5.75 Å². The van der Waals surface area contributed by atoms with Gasteiger partial charge in [0, 0.05) is 25.2 Å². The molecule has 0 radical (unpaired) electrons. The zero-order chi connectivity index (χ0) is 25.8. The summed E-state index contributed by atoms with van der Waals surface area (Å²) in [6.45, 7) is -0.0987. The zero-order valence-electron chi connectivity index (χ0n) is 19.0. The number of hydrogen-bond acceptors (Lipinski definition) is 5. The molecule has 1 saturated carbocycles. The van der Waals surface area contributed by atoms with Crippen LogP contribution in [0.5, 0.6) is 5.75 Å². The van der Waals surface area contributed by atoms with E-state index in [0.717, 1.165) is 23.5 Å². The van der Waals surface area contributed by atoms with Crippen LogP contribution in [-0.4, -0.2) is 42.1 Å². The highest BCUT2D eigenvalue weighted by atomic mass is 32.1. The number of nitrogens with one attached hydrogen (secondary N) is 2. The van der Waals surface area contributed by atoms with Gasteiger partial charge in [0.15, 0.2) is 0 Å². The fourth-order valence-corrected chi connectivity index (χ4v) is 5.10. The molecule has 0 bridgehead atoms. The third kappa shape index (κ3) is 5.78. The van der Waals surface area contributed by atoms with Gasteiger partial charge in [-0.3, -0.25) is 14.4 Å². The first-order chi connectivity index (χ1) is 17.2. The predicted molar refractivity (Wildman–Crippen MR) is 127 cm³/mol. The molecule has 1 heterocycles. The van der Waals surface area contributed by atoms with E-state index in [9.17, 15) is 27.6 Å². The molecule has 0 atom stereocenters. The Kier molecular flexibility index (Phi) is 7.78. The van der Waals surface area contributed by atoms with Crippen molar-refractivity contribution in [1.29, 1.82) is 0 Å². The molecule has 11 heteroatoms. The highest BCUT2D eigenvalue weighted by molar-refractivity contribution is 7.20. The van der Waals surface area contributed by atoms with Crippen molar-refractivity contribution in [2.75, 3.05) is 13.1 Å². The number of carboxylic acids is 1. The maximum Gasteiger partial charge on any atom is 0.306 e. The average molecular weight is 521 g/mol. The summed E-state index contributed by atoms with van der Waals surface area (Å²) in [6.07, 6.45) is 1.37. The van der Waals surface area contributed by atoms with Gasteiger partial charge in [-0.15, -0.1) is 11.3 Å². The van der Waals surface area contributed by atoms with E-state index in [0.29, 0.717) is 40.6 Å². The molecule has 190 valence electrons. The van der Waals surface area contributed by atoms with E-state index in [-0.39, 0.29) is 24.9 Å². The topological polar surface area (TPSA) is 105 Å². The van der Waals surface area contributed by atoms with Crippen LogP contribution in [-0.2, 0) is 4.79 Å². The molecule has 1 aliphatic rings. The third-order valence-electron chi connectivity index (χ3n) is 5.98. The molecular weight excluding hydrogens is 497 g/mol. The van der Waals surface area contributed by atoms with Crippen LogP contribution < -0.4 is 15.4 Å². The van der Waals surface area contributed by atoms with Crippen molar-refractivity contribution in [3.05, 3.63) is 64.3 Å². The second-order valence-electron chi connectivity index (χ2n) is 8.47. The van der Waals surface area contributed by atoms with Gasteiger partial charge >= 0.3 is 5.97 Å². The summed E-state index contributed by atoms with van der Waals surface area (Å²) in [7, 11) is 0. The Morgan fingerprint density at radius 1 is 0.917 bits per heavy atom. The van der Waals surface area contributed by atoms with E-state index in [1.165, 1.54) is 6.07 Å². The van der Waals surface area contributed by atoms with E-state index in [1.807, 2.05) is 0 Å². The first-order valence-corrected chi connectivity index (χ1v) is 12.2. The summed E-state index contributed by atoms with van der Waals surface area (Å²) >= 11 is 1.00. The summed E-state index contributed by atoms with van der Waals surface area (Å²) in [6, 6.07) is 7.94. The van der Waals surface area contributed by atoms with Crippen LogP contribution in [0.15, 0.2) is 36.4 Å². The van der Waals surface area contributed by atoms with Gasteiger partial charge in [0.05, 0.1) is 21.6 Å². The molecule has 4 rings (SSSR count). The molecular formula is C25H23F3N2O5S. The van der Waals surface area contributed by atoms with Crippen molar-refractivity contribution in [1.82, 2.24) is 10.6 Å². The van der Waals surface area contributed by atoms with E-state index in [4.69, 9.17) is 9.84 Å². The minimum absolute atomic E-state index is 0.00918. The Balaban J connectivity index is 1.28. The lowest BCUT2D eigenvalue weighted by atomic mass is 9.87. The van der Waals surface area contributed by atoms with Crippen molar-refractivity contribution in [2.24, 2.45) is 5.92 Å². The SMILES string of the molecule is O=C(NCCNC(=O)c1c(F)cc(OC2CCC(C(=O)O)CC2)cc1F)c1cc2cccc(F)c2s1. The third-order valence-corrected chi connectivity index (χ3v) is 7.14. The number of fused-ring (bicyclic) bond motifs is 1. The maximum atomic E-state index is 14.5. The smallest absolute Gasteiger partial charge is 0.306 e. The Labute approximate surface area is 208 Å². The van der Waals surface area contributed by atoms with Crippen LogP contribution in [0, 0.1) is 23.4 Å². The zero-order valence-corrected chi connectivity index (χ0v) is 19.8. The molecule has 1 fully saturated rings. The summed E-state index contributed by atoms with van der Waals surface area (Å²) in [4.78, 5) is 36.0. The highest BCUT2D eigenvalue weighted by Crippen LogP contribution is 2.30. The van der Waals surface area contributed by atoms with Gasteiger partial charge in [0.1, 0.15) is 28.8 Å². The molecule has 1 aliphatic carbocycles. The Morgan fingerprint density at radius 3 is 2.17 bits per heavy atom. The normalized spacial score (nSPS) is 17.5. The van der Waals surface area contributed by atoms with Crippen LogP contribution in [0.25, 0.3) is 10.1 Å². The minimum atomic E-state index is -1.10. The molecule has 0 unspecified atom stereocenters. The average Bonchev–Trinajstić information content (AvgIpc) is 3.28. The Morgan fingerprint density at radius 2 is 1.56 bits per heavy atom. The van der Waals surface area contributed by atoms with E-state index in [2.05, 4.69) is 10.6 Å². The molecule has 0 saturated heterocycles. The first-order valence-electron chi connectivity index (χ1n) is 11.4. The maximum absolute atomic E-state index is 14.5. The number of rotatable bonds is 8. The van der Waals surface area contributed by atoms with Gasteiger partial charge in [0.2, 0.25) is 0 Å². The van der Waals surface area contributed by atoms with Crippen LogP contribution in [0.2, 0.25) is 0 Å². The molecule has 1 aromatic heterocycles. The summed E-state index contributed by atoms with van der Waals surface area (Å²) in [5.41, 5.74) is -0.775. The number of halogens is 3. The molecule has 3 aromatic rings. The molecule has 36 heavy (non-hydrogen) atoms. The lowest BCUT2D eigenvalue weighted by Gasteiger charge is -2.26. The number of carboxylic acid groups (broad SMARTS) is 1. The van der Waals surface area contributed by atoms with Gasteiger partial charge in [-0.2, -0.15) is 0 Å². The molecule has 7 nitrogen and oxygen atoms in total. The quantitative estimate of drug-likeness (QED) is 0.380. The van der Waals surface area contributed by atoms with Gasteiger partial charge in [-0.25, -0.2) is 13.2 Å². The molecule has 3 N–H and O–H groups in total. The van der Waals surface area contributed by atoms with Crippen molar-refractivity contribution < 1.29 is 37.4 Å². The van der Waals surface area contributed by atoms with Gasteiger partial charge in [-0.05, 0) is 43.2 Å². The molecule has 0 spiro atoms. The lowest BCUT2D eigenvalue weighted by Crippen LogP contribution is -2.35. The minimum Gasteiger partial charge on any atom is -0.490 e. The second kappa shape index (κ2) is 11.0. The number of amides is 2. The molecule has 2 amide bonds. The number of ether oxygens (including phenoxy) is 1. The second-order valence-corrected chi connectivity index (χ2v) is 9.52. The van der Waals surface area contributed by atoms with Crippen LogP contribution in [0.3, 0.4) is 0 Å². The Hall–Kier alpha value is -3.60. The van der Waals surface area contributed by atoms with Gasteiger partial charge < -0.3 is 20.5 Å². The number of thiophene rings is 1. The predicted octanol–water partition coefficient (Wildman–Crippen LogP) is 4.50. The summed E-state index contributed by atoms with van der Waals surface area (Å²) in [5, 5.41) is 14.6. The highest BCUT2D eigenvalue weighted by Gasteiger charge is 2.28. The summed E-state index contributed by atoms with van der Waals surface area (Å²) < 4.78 is 48.8. The van der Waals surface area contributed by atoms with Crippen LogP contribution in [0.4, 0.5) is 13.2 Å². The lowest BCUT2D eigenvalue weighted by molar-refractivity contribution is -0.143. The standard InChI is InChI=1S/C25H23F3N2O5S/c26-17-3-1-2-14-10-20(36-22(14)17)23(31)29-8-9-30-24(32)21-18(27)11-16(12-19(21)28)35-15-6-4-13(5-7-15)25(33)34/h1-3,10-13,15H,4-9H2,(H,29,31)(H,30,32)(H,33,34). The number of aliphatic carboxylic acids is 1. The fourth-order valence-electron chi connectivity index (χ4n) is 4.12. The van der Waals surface area contributed by atoms with Gasteiger partial charge in [-0.1, -0.05) is 12.1 Å². The Bertz CT molecular complexity index is 1280. The van der Waals surface area contributed by atoms with E-state index < -0.39 is 46.7 Å². The fraction of sp³-hybridized carbons (Fsp3) is 0.320. The number of carbonyl (C=O) groups is 3. The van der Waals surface area contributed by atoms with Crippen molar-refractivity contribution in [2.45, 2.75) is 31.8 Å². The van der Waals surface area contributed by atoms with Crippen LogP contribution in [0.1, 0.15) is 45.7 Å². The molecule has 2 aromatic carbocycles. The summed E-state index contributed by atoms with van der Waals surface area (Å²) in [5.74, 6) is -5.45. The number of hydrogen-bond donors (Lipinski definition) is 3. The number of carbonyl (C=O) groups excluding carboxylic acids is 2.